The van der Waals surface area contributed by atoms with E-state index in [0.717, 1.165) is 49.1 Å². The molecule has 0 radical (unpaired) electrons. The first-order valence-corrected chi connectivity index (χ1v) is 10.5. The second-order valence-electron chi connectivity index (χ2n) is 8.11. The van der Waals surface area contributed by atoms with Gasteiger partial charge in [-0.25, -0.2) is 4.39 Å². The topological polar surface area (TPSA) is 70.3 Å². The average Bonchev–Trinajstić information content (AvgIpc) is 3.31. The number of nitrogens with zero attached hydrogens (tertiary/aromatic N) is 3. The largest absolute Gasteiger partial charge is 0.376 e. The molecule has 0 spiro atoms. The van der Waals surface area contributed by atoms with E-state index in [0.29, 0.717) is 30.2 Å². The molecule has 4 rings (SSSR count). The van der Waals surface area contributed by atoms with E-state index in [2.05, 4.69) is 11.4 Å². The van der Waals surface area contributed by atoms with Crippen LogP contribution in [0, 0.1) is 31.0 Å². The van der Waals surface area contributed by atoms with E-state index >= 15 is 0 Å². The van der Waals surface area contributed by atoms with Gasteiger partial charge in [0.1, 0.15) is 17.7 Å². The van der Waals surface area contributed by atoms with Crippen molar-refractivity contribution in [3.63, 3.8) is 0 Å². The van der Waals surface area contributed by atoms with E-state index in [-0.39, 0.29) is 24.4 Å². The molecule has 1 atom stereocenters. The smallest absolute Gasteiger partial charge is 0.245 e. The van der Waals surface area contributed by atoms with Crippen LogP contribution in [0.5, 0.6) is 0 Å². The molecule has 1 aromatic carbocycles. The third kappa shape index (κ3) is 3.80. The number of amides is 1. The van der Waals surface area contributed by atoms with E-state index in [4.69, 9.17) is 4.74 Å². The molecule has 2 aromatic rings. The minimum Gasteiger partial charge on any atom is -0.376 e. The monoisotopic (exact) mass is 410 g/mol. The van der Waals surface area contributed by atoms with Crippen LogP contribution in [0.2, 0.25) is 0 Å². The number of aromatic nitrogens is 1. The number of aryl methyl sites for hydroxylation is 1. The van der Waals surface area contributed by atoms with Gasteiger partial charge in [-0.2, -0.15) is 5.26 Å². The standard InChI is InChI=1S/C23H27FN4O2/c1-15-16(2)28(13-18-8-5-11-30-18)23(19(15)12-25)26-21(29)14-27-10-4-7-17-6-3-9-20(24)22(17)27/h3,6,9,18H,4-5,7-8,10-11,13-14H2,1-2H3,(H,26,29)/t18-/m1/s1. The molecule has 0 unspecified atom stereocenters. The summed E-state index contributed by atoms with van der Waals surface area (Å²) in [6, 6.07) is 7.29. The molecular weight excluding hydrogens is 383 g/mol. The number of carbonyl (C=O) groups excluding carboxylic acids is 1. The molecule has 3 heterocycles. The third-order valence-electron chi connectivity index (χ3n) is 6.20. The predicted octanol–water partition coefficient (Wildman–Crippen LogP) is 3.69. The van der Waals surface area contributed by atoms with Gasteiger partial charge in [-0.05, 0) is 56.7 Å². The summed E-state index contributed by atoms with van der Waals surface area (Å²) in [7, 11) is 0. The fourth-order valence-electron chi connectivity index (χ4n) is 4.54. The van der Waals surface area contributed by atoms with Gasteiger partial charge in [-0.3, -0.25) is 4.79 Å². The molecule has 7 heteroatoms. The van der Waals surface area contributed by atoms with Crippen LogP contribution in [-0.2, 0) is 22.5 Å². The number of hydrogen-bond acceptors (Lipinski definition) is 4. The summed E-state index contributed by atoms with van der Waals surface area (Å²) in [4.78, 5) is 14.7. The van der Waals surface area contributed by atoms with Gasteiger partial charge in [0.15, 0.2) is 0 Å². The van der Waals surface area contributed by atoms with Crippen LogP contribution in [0.1, 0.15) is 41.6 Å². The number of halogens is 1. The van der Waals surface area contributed by atoms with E-state index in [1.807, 2.05) is 24.5 Å². The lowest BCUT2D eigenvalue weighted by atomic mass is 10.0. The first-order valence-electron chi connectivity index (χ1n) is 10.5. The van der Waals surface area contributed by atoms with Crippen LogP contribution in [0.4, 0.5) is 15.9 Å². The number of benzene rings is 1. The van der Waals surface area contributed by atoms with Gasteiger partial charge >= 0.3 is 0 Å². The first-order chi connectivity index (χ1) is 14.5. The highest BCUT2D eigenvalue weighted by Gasteiger charge is 2.26. The van der Waals surface area contributed by atoms with Gasteiger partial charge in [-0.1, -0.05) is 12.1 Å². The van der Waals surface area contributed by atoms with Crippen molar-refractivity contribution in [3.8, 4) is 6.07 Å². The Morgan fingerprint density at radius 3 is 2.93 bits per heavy atom. The molecule has 158 valence electrons. The van der Waals surface area contributed by atoms with Crippen molar-refractivity contribution in [2.75, 3.05) is 29.9 Å². The number of fused-ring (bicyclic) bond motifs is 1. The summed E-state index contributed by atoms with van der Waals surface area (Å²) in [6.07, 6.45) is 3.76. The summed E-state index contributed by atoms with van der Waals surface area (Å²) < 4.78 is 22.2. The summed E-state index contributed by atoms with van der Waals surface area (Å²) in [5.41, 5.74) is 3.73. The quantitative estimate of drug-likeness (QED) is 0.816. The predicted molar refractivity (Wildman–Crippen MR) is 113 cm³/mol. The summed E-state index contributed by atoms with van der Waals surface area (Å²) >= 11 is 0. The Bertz CT molecular complexity index is 1000. The molecule has 0 saturated carbocycles. The zero-order chi connectivity index (χ0) is 21.3. The highest BCUT2D eigenvalue weighted by molar-refractivity contribution is 5.95. The van der Waals surface area contributed by atoms with Crippen LogP contribution < -0.4 is 10.2 Å². The number of para-hydroxylation sites is 1. The van der Waals surface area contributed by atoms with Crippen molar-refractivity contribution in [3.05, 3.63) is 46.4 Å². The van der Waals surface area contributed by atoms with Gasteiger partial charge in [0.2, 0.25) is 5.91 Å². The second-order valence-corrected chi connectivity index (χ2v) is 8.11. The SMILES string of the molecule is Cc1c(C#N)c(NC(=O)CN2CCCc3cccc(F)c32)n(C[C@H]2CCCO2)c1C. The second kappa shape index (κ2) is 8.49. The summed E-state index contributed by atoms with van der Waals surface area (Å²) in [6.45, 7) is 5.87. The Kier molecular flexibility index (Phi) is 5.78. The Balaban J connectivity index is 1.57. The lowest BCUT2D eigenvalue weighted by Gasteiger charge is -2.31. The highest BCUT2D eigenvalue weighted by atomic mass is 19.1. The maximum Gasteiger partial charge on any atom is 0.245 e. The van der Waals surface area contributed by atoms with Crippen LogP contribution in [0.15, 0.2) is 18.2 Å². The fourth-order valence-corrected chi connectivity index (χ4v) is 4.54. The molecule has 6 nitrogen and oxygen atoms in total. The number of ether oxygens (including phenoxy) is 1. The lowest BCUT2D eigenvalue weighted by Crippen LogP contribution is -2.38. The number of anilines is 2. The first kappa shape index (κ1) is 20.4. The molecule has 30 heavy (non-hydrogen) atoms. The molecule has 2 aliphatic heterocycles. The fraction of sp³-hybridized carbons (Fsp3) is 0.478. The molecule has 1 aromatic heterocycles. The molecule has 1 N–H and O–H groups in total. The number of rotatable bonds is 5. The Morgan fingerprint density at radius 1 is 1.37 bits per heavy atom. The van der Waals surface area contributed by atoms with Crippen molar-refractivity contribution in [2.24, 2.45) is 0 Å². The molecule has 1 amide bonds. The Morgan fingerprint density at radius 2 is 2.20 bits per heavy atom. The normalized spacial score (nSPS) is 18.2. The van der Waals surface area contributed by atoms with E-state index in [1.165, 1.54) is 6.07 Å². The highest BCUT2D eigenvalue weighted by Crippen LogP contribution is 2.31. The van der Waals surface area contributed by atoms with E-state index in [1.54, 1.807) is 11.0 Å². The van der Waals surface area contributed by atoms with E-state index < -0.39 is 0 Å². The zero-order valence-corrected chi connectivity index (χ0v) is 17.5. The van der Waals surface area contributed by atoms with Crippen molar-refractivity contribution >= 4 is 17.4 Å². The summed E-state index contributed by atoms with van der Waals surface area (Å²) in [5.74, 6) is -0.0429. The summed E-state index contributed by atoms with van der Waals surface area (Å²) in [5, 5.41) is 12.6. The third-order valence-corrected chi connectivity index (χ3v) is 6.20. The average molecular weight is 410 g/mol. The van der Waals surface area contributed by atoms with Crippen molar-refractivity contribution in [2.45, 2.75) is 52.2 Å². The van der Waals surface area contributed by atoms with Gasteiger partial charge in [-0.15, -0.1) is 0 Å². The van der Waals surface area contributed by atoms with E-state index in [9.17, 15) is 14.4 Å². The van der Waals surface area contributed by atoms with Crippen LogP contribution in [-0.4, -0.2) is 36.3 Å². The minimum absolute atomic E-state index is 0.0437. The van der Waals surface area contributed by atoms with Gasteiger partial charge in [0.25, 0.3) is 0 Å². The minimum atomic E-state index is -0.300. The lowest BCUT2D eigenvalue weighted by molar-refractivity contribution is -0.115. The van der Waals surface area contributed by atoms with Crippen molar-refractivity contribution in [1.82, 2.24) is 4.57 Å². The van der Waals surface area contributed by atoms with Gasteiger partial charge in [0.05, 0.1) is 30.4 Å². The van der Waals surface area contributed by atoms with Crippen molar-refractivity contribution in [1.29, 1.82) is 5.26 Å². The number of hydrogen-bond donors (Lipinski definition) is 1. The number of nitriles is 1. The van der Waals surface area contributed by atoms with Crippen molar-refractivity contribution < 1.29 is 13.9 Å². The molecule has 2 aliphatic rings. The Labute approximate surface area is 176 Å². The maximum absolute atomic E-state index is 14.4. The molecule has 1 saturated heterocycles. The molecular formula is C23H27FN4O2. The Hall–Kier alpha value is -2.85. The maximum atomic E-state index is 14.4. The van der Waals surface area contributed by atoms with Gasteiger partial charge < -0.3 is 19.5 Å². The zero-order valence-electron chi connectivity index (χ0n) is 17.5. The molecule has 1 fully saturated rings. The molecule has 0 bridgehead atoms. The van der Waals surface area contributed by atoms with Crippen LogP contribution in [0.25, 0.3) is 0 Å². The number of carbonyl (C=O) groups is 1. The van der Waals surface area contributed by atoms with Crippen LogP contribution in [0.3, 0.4) is 0 Å². The molecule has 0 aliphatic carbocycles. The van der Waals surface area contributed by atoms with Crippen LogP contribution >= 0.6 is 0 Å². The number of nitrogens with one attached hydrogen (secondary N) is 1. The van der Waals surface area contributed by atoms with Gasteiger partial charge in [0, 0.05) is 18.8 Å².